The monoisotopic (exact) mass is 213 g/mol. The number of piperidine rings is 1. The van der Waals surface area contributed by atoms with Crippen LogP contribution in [0.5, 0.6) is 0 Å². The molecule has 0 aromatic rings. The molecule has 0 unspecified atom stereocenters. The molecule has 0 aromatic heterocycles. The minimum Gasteiger partial charge on any atom is -0.345 e. The van der Waals surface area contributed by atoms with Crippen LogP contribution < -0.4 is 5.32 Å². The van der Waals surface area contributed by atoms with Crippen LogP contribution in [0.15, 0.2) is 0 Å². The van der Waals surface area contributed by atoms with E-state index in [4.69, 9.17) is 0 Å². The molecule has 15 heavy (non-hydrogen) atoms. The van der Waals surface area contributed by atoms with Crippen molar-refractivity contribution in [1.82, 2.24) is 15.1 Å². The Morgan fingerprint density at radius 1 is 1.47 bits per heavy atom. The highest BCUT2D eigenvalue weighted by molar-refractivity contribution is 5.77. The van der Waals surface area contributed by atoms with Crippen LogP contribution in [0.2, 0.25) is 0 Å². The van der Waals surface area contributed by atoms with Crippen molar-refractivity contribution in [3.05, 3.63) is 0 Å². The Bertz CT molecular complexity index is 200. The van der Waals surface area contributed by atoms with Crippen molar-refractivity contribution >= 4 is 5.91 Å². The summed E-state index contributed by atoms with van der Waals surface area (Å²) < 4.78 is 0. The number of nitrogens with one attached hydrogen (secondary N) is 1. The Labute approximate surface area is 92.6 Å². The molecule has 1 saturated heterocycles. The summed E-state index contributed by atoms with van der Waals surface area (Å²) in [6, 6.07) is 0.524. The summed E-state index contributed by atoms with van der Waals surface area (Å²) in [6.45, 7) is 5.53. The Morgan fingerprint density at radius 3 is 2.60 bits per heavy atom. The molecule has 0 saturated carbocycles. The van der Waals surface area contributed by atoms with Crippen LogP contribution in [0.25, 0.3) is 0 Å². The number of carbonyl (C=O) groups excluding carboxylic acids is 1. The van der Waals surface area contributed by atoms with Gasteiger partial charge >= 0.3 is 0 Å². The molecule has 0 atom stereocenters. The number of amides is 1. The lowest BCUT2D eigenvalue weighted by atomic mass is 10.1. The zero-order valence-electron chi connectivity index (χ0n) is 10.1. The van der Waals surface area contributed by atoms with Crippen molar-refractivity contribution in [3.63, 3.8) is 0 Å². The first-order valence-corrected chi connectivity index (χ1v) is 5.79. The van der Waals surface area contributed by atoms with Gasteiger partial charge in [0.15, 0.2) is 0 Å². The van der Waals surface area contributed by atoms with E-state index in [1.165, 1.54) is 0 Å². The van der Waals surface area contributed by atoms with Crippen LogP contribution >= 0.6 is 0 Å². The number of nitrogens with zero attached hydrogens (tertiary/aromatic N) is 2. The standard InChI is InChI=1S/C11H23N3O/c1-4-14(3)11(15)9-12-10-5-7-13(2)8-6-10/h10,12H,4-9H2,1-3H3. The Morgan fingerprint density at radius 2 is 2.07 bits per heavy atom. The lowest BCUT2D eigenvalue weighted by Crippen LogP contribution is -2.45. The summed E-state index contributed by atoms with van der Waals surface area (Å²) in [5, 5.41) is 3.34. The molecule has 0 radical (unpaired) electrons. The van der Waals surface area contributed by atoms with Gasteiger partial charge in [-0.2, -0.15) is 0 Å². The molecule has 1 N–H and O–H groups in total. The fourth-order valence-corrected chi connectivity index (χ4v) is 1.76. The zero-order chi connectivity index (χ0) is 11.3. The quantitative estimate of drug-likeness (QED) is 0.722. The Balaban J connectivity index is 2.17. The van der Waals surface area contributed by atoms with Crippen molar-refractivity contribution in [2.24, 2.45) is 0 Å². The third kappa shape index (κ3) is 4.18. The van der Waals surface area contributed by atoms with Crippen LogP contribution in [0.3, 0.4) is 0 Å². The van der Waals surface area contributed by atoms with Gasteiger partial charge in [0, 0.05) is 19.6 Å². The number of carbonyl (C=O) groups is 1. The number of likely N-dealkylation sites (tertiary alicyclic amines) is 1. The fourth-order valence-electron chi connectivity index (χ4n) is 1.76. The second-order valence-electron chi connectivity index (χ2n) is 4.37. The van der Waals surface area contributed by atoms with Crippen LogP contribution in [-0.4, -0.2) is 62.0 Å². The highest BCUT2D eigenvalue weighted by Crippen LogP contribution is 2.07. The lowest BCUT2D eigenvalue weighted by molar-refractivity contribution is -0.128. The van der Waals surface area contributed by atoms with E-state index in [9.17, 15) is 4.79 Å². The number of hydrogen-bond acceptors (Lipinski definition) is 3. The predicted octanol–water partition coefficient (Wildman–Crippen LogP) is 0.149. The topological polar surface area (TPSA) is 35.6 Å². The largest absolute Gasteiger partial charge is 0.345 e. The van der Waals surface area contributed by atoms with Gasteiger partial charge < -0.3 is 15.1 Å². The third-order valence-electron chi connectivity index (χ3n) is 3.16. The summed E-state index contributed by atoms with van der Waals surface area (Å²) in [7, 11) is 3.99. The molecule has 0 spiro atoms. The van der Waals surface area contributed by atoms with Gasteiger partial charge in [0.2, 0.25) is 5.91 Å². The summed E-state index contributed by atoms with van der Waals surface area (Å²) in [6.07, 6.45) is 2.30. The molecular weight excluding hydrogens is 190 g/mol. The van der Waals surface area contributed by atoms with Gasteiger partial charge in [0.05, 0.1) is 6.54 Å². The molecule has 4 heteroatoms. The Kier molecular flexibility index (Phi) is 5.05. The second-order valence-corrected chi connectivity index (χ2v) is 4.37. The highest BCUT2D eigenvalue weighted by atomic mass is 16.2. The van der Waals surface area contributed by atoms with Crippen LogP contribution in [0.1, 0.15) is 19.8 Å². The fraction of sp³-hybridized carbons (Fsp3) is 0.909. The van der Waals surface area contributed by atoms with E-state index in [-0.39, 0.29) is 5.91 Å². The highest BCUT2D eigenvalue weighted by Gasteiger charge is 2.17. The molecule has 0 aliphatic carbocycles. The smallest absolute Gasteiger partial charge is 0.236 e. The van der Waals surface area contributed by atoms with Gasteiger partial charge in [-0.25, -0.2) is 0 Å². The minimum absolute atomic E-state index is 0.191. The van der Waals surface area contributed by atoms with Crippen LogP contribution in [-0.2, 0) is 4.79 Å². The molecule has 88 valence electrons. The SMILES string of the molecule is CCN(C)C(=O)CNC1CCN(C)CC1. The molecule has 1 heterocycles. The Hall–Kier alpha value is -0.610. The van der Waals surface area contributed by atoms with Crippen molar-refractivity contribution in [1.29, 1.82) is 0 Å². The summed E-state index contributed by atoms with van der Waals surface area (Å²) in [4.78, 5) is 15.6. The van der Waals surface area contributed by atoms with E-state index in [1.54, 1.807) is 4.90 Å². The van der Waals surface area contributed by atoms with Crippen molar-refractivity contribution in [2.75, 3.05) is 40.3 Å². The van der Waals surface area contributed by atoms with E-state index in [0.717, 1.165) is 32.5 Å². The van der Waals surface area contributed by atoms with Gasteiger partial charge in [0.1, 0.15) is 0 Å². The molecule has 4 nitrogen and oxygen atoms in total. The molecule has 1 amide bonds. The van der Waals surface area contributed by atoms with Gasteiger partial charge in [-0.15, -0.1) is 0 Å². The first-order chi connectivity index (χ1) is 7.13. The molecule has 1 aliphatic heterocycles. The van der Waals surface area contributed by atoms with E-state index >= 15 is 0 Å². The first kappa shape index (κ1) is 12.5. The molecule has 0 bridgehead atoms. The summed E-state index contributed by atoms with van der Waals surface area (Å²) >= 11 is 0. The molecule has 1 fully saturated rings. The maximum Gasteiger partial charge on any atom is 0.236 e. The predicted molar refractivity (Wildman–Crippen MR) is 61.8 cm³/mol. The molecule has 1 aliphatic rings. The average molecular weight is 213 g/mol. The maximum absolute atomic E-state index is 11.5. The molecule has 0 aromatic carbocycles. The van der Waals surface area contributed by atoms with E-state index in [1.807, 2.05) is 14.0 Å². The number of likely N-dealkylation sites (N-methyl/N-ethyl adjacent to an activating group) is 1. The van der Waals surface area contributed by atoms with Gasteiger partial charge in [-0.05, 0) is 39.9 Å². The van der Waals surface area contributed by atoms with Gasteiger partial charge in [-0.1, -0.05) is 0 Å². The van der Waals surface area contributed by atoms with Crippen molar-refractivity contribution < 1.29 is 4.79 Å². The second kappa shape index (κ2) is 6.08. The third-order valence-corrected chi connectivity index (χ3v) is 3.16. The number of hydrogen-bond donors (Lipinski definition) is 1. The minimum atomic E-state index is 0.191. The van der Waals surface area contributed by atoms with Crippen LogP contribution in [0, 0.1) is 0 Å². The normalized spacial score (nSPS) is 19.1. The van der Waals surface area contributed by atoms with E-state index in [0.29, 0.717) is 12.6 Å². The summed E-state index contributed by atoms with van der Waals surface area (Å²) in [5.41, 5.74) is 0. The average Bonchev–Trinajstić information content (AvgIpc) is 2.26. The van der Waals surface area contributed by atoms with E-state index < -0.39 is 0 Å². The maximum atomic E-state index is 11.5. The van der Waals surface area contributed by atoms with Gasteiger partial charge in [0.25, 0.3) is 0 Å². The van der Waals surface area contributed by atoms with E-state index in [2.05, 4.69) is 17.3 Å². The van der Waals surface area contributed by atoms with Crippen LogP contribution in [0.4, 0.5) is 0 Å². The zero-order valence-corrected chi connectivity index (χ0v) is 10.1. The number of rotatable bonds is 4. The molecular formula is C11H23N3O. The molecule has 1 rings (SSSR count). The van der Waals surface area contributed by atoms with Crippen molar-refractivity contribution in [3.8, 4) is 0 Å². The van der Waals surface area contributed by atoms with Gasteiger partial charge in [-0.3, -0.25) is 4.79 Å². The van der Waals surface area contributed by atoms with Crippen molar-refractivity contribution in [2.45, 2.75) is 25.8 Å². The first-order valence-electron chi connectivity index (χ1n) is 5.79. The lowest BCUT2D eigenvalue weighted by Gasteiger charge is -2.29. The summed E-state index contributed by atoms with van der Waals surface area (Å²) in [5.74, 6) is 0.191.